The molecule has 0 aromatic heterocycles. The van der Waals surface area contributed by atoms with Crippen LogP contribution in [0, 0.1) is 5.92 Å². The Hall–Kier alpha value is -0.950. The van der Waals surface area contributed by atoms with Gasteiger partial charge in [0.1, 0.15) is 5.92 Å². The summed E-state index contributed by atoms with van der Waals surface area (Å²) in [7, 11) is 1.64. The number of nitrogens with zero attached hydrogens (tertiary/aromatic N) is 1. The molecule has 2 saturated heterocycles. The summed E-state index contributed by atoms with van der Waals surface area (Å²) in [5.74, 6) is 0.603. The molecule has 2 N–H and O–H groups in total. The van der Waals surface area contributed by atoms with E-state index in [1.807, 2.05) is 11.8 Å². The van der Waals surface area contributed by atoms with Crippen LogP contribution in [0.4, 0.5) is 4.79 Å². The number of rotatable bonds is 3. The third-order valence-corrected chi connectivity index (χ3v) is 4.78. The largest absolute Gasteiger partial charge is 0.481 e. The lowest BCUT2D eigenvalue weighted by Gasteiger charge is -2.30. The van der Waals surface area contributed by atoms with Gasteiger partial charge in [0.05, 0.1) is 19.3 Å². The van der Waals surface area contributed by atoms with Crippen molar-refractivity contribution in [1.29, 1.82) is 0 Å². The zero-order chi connectivity index (χ0) is 13.8. The van der Waals surface area contributed by atoms with E-state index in [2.05, 4.69) is 5.32 Å². The van der Waals surface area contributed by atoms with E-state index in [0.29, 0.717) is 6.61 Å². The minimum Gasteiger partial charge on any atom is -0.481 e. The van der Waals surface area contributed by atoms with Crippen LogP contribution in [0.3, 0.4) is 0 Å². The van der Waals surface area contributed by atoms with Crippen molar-refractivity contribution < 1.29 is 19.4 Å². The summed E-state index contributed by atoms with van der Waals surface area (Å²) >= 11 is 1.90. The number of ether oxygens (including phenoxy) is 1. The fourth-order valence-corrected chi connectivity index (χ4v) is 3.54. The molecule has 2 rings (SSSR count). The average Bonchev–Trinajstić information content (AvgIpc) is 2.88. The van der Waals surface area contributed by atoms with Gasteiger partial charge in [0.15, 0.2) is 0 Å². The first-order chi connectivity index (χ1) is 9.09. The van der Waals surface area contributed by atoms with Gasteiger partial charge in [-0.2, -0.15) is 11.8 Å². The summed E-state index contributed by atoms with van der Waals surface area (Å²) in [6.45, 7) is 0.471. The Labute approximate surface area is 116 Å². The lowest BCUT2D eigenvalue weighted by atomic mass is 10.0. The standard InChI is InChI=1S/C12H20N2O4S/c1-14(10-7-18-6-9(10)11(15)16)12(17)13-8-2-4-19-5-3-8/h8-10H,2-7H2,1H3,(H,13,17)(H,15,16). The topological polar surface area (TPSA) is 78.9 Å². The predicted molar refractivity (Wildman–Crippen MR) is 72.4 cm³/mol. The number of nitrogens with one attached hydrogen (secondary N) is 1. The Bertz CT molecular complexity index is 347. The molecule has 2 fully saturated rings. The zero-order valence-corrected chi connectivity index (χ0v) is 11.8. The predicted octanol–water partition coefficient (Wildman–Crippen LogP) is 0.623. The van der Waals surface area contributed by atoms with Gasteiger partial charge in [-0.1, -0.05) is 0 Å². The van der Waals surface area contributed by atoms with Gasteiger partial charge in [0, 0.05) is 13.1 Å². The second-order valence-electron chi connectivity index (χ2n) is 5.00. The van der Waals surface area contributed by atoms with Crippen molar-refractivity contribution in [2.45, 2.75) is 24.9 Å². The molecule has 2 atom stereocenters. The van der Waals surface area contributed by atoms with E-state index in [4.69, 9.17) is 9.84 Å². The number of carboxylic acids is 1. The first kappa shape index (κ1) is 14.5. The van der Waals surface area contributed by atoms with Gasteiger partial charge in [-0.05, 0) is 24.3 Å². The Balaban J connectivity index is 1.88. The molecule has 2 heterocycles. The van der Waals surface area contributed by atoms with Crippen molar-refractivity contribution >= 4 is 23.8 Å². The lowest BCUT2D eigenvalue weighted by Crippen LogP contribution is -2.51. The Morgan fingerprint density at radius 3 is 2.63 bits per heavy atom. The van der Waals surface area contributed by atoms with Crippen molar-refractivity contribution in [2.24, 2.45) is 5.92 Å². The maximum Gasteiger partial charge on any atom is 0.317 e. The van der Waals surface area contributed by atoms with Gasteiger partial charge in [0.2, 0.25) is 0 Å². The van der Waals surface area contributed by atoms with Crippen LogP contribution in [-0.2, 0) is 9.53 Å². The minimum absolute atomic E-state index is 0.178. The molecule has 0 bridgehead atoms. The molecular weight excluding hydrogens is 268 g/mol. The number of urea groups is 1. The third-order valence-electron chi connectivity index (χ3n) is 3.73. The highest BCUT2D eigenvalue weighted by atomic mass is 32.2. The number of thioether (sulfide) groups is 1. The Morgan fingerprint density at radius 1 is 1.32 bits per heavy atom. The molecule has 0 aliphatic carbocycles. The molecule has 6 nitrogen and oxygen atoms in total. The second-order valence-corrected chi connectivity index (χ2v) is 6.22. The highest BCUT2D eigenvalue weighted by molar-refractivity contribution is 7.99. The van der Waals surface area contributed by atoms with Gasteiger partial charge >= 0.3 is 12.0 Å². The first-order valence-electron chi connectivity index (χ1n) is 6.51. The number of carboxylic acid groups (broad SMARTS) is 1. The van der Waals surface area contributed by atoms with Gasteiger partial charge in [-0.25, -0.2) is 4.79 Å². The molecule has 2 amide bonds. The van der Waals surface area contributed by atoms with Crippen LogP contribution in [0.1, 0.15) is 12.8 Å². The van der Waals surface area contributed by atoms with Crippen LogP contribution >= 0.6 is 11.8 Å². The second kappa shape index (κ2) is 6.47. The van der Waals surface area contributed by atoms with Crippen LogP contribution in [0.5, 0.6) is 0 Å². The van der Waals surface area contributed by atoms with E-state index in [1.54, 1.807) is 7.05 Å². The van der Waals surface area contributed by atoms with E-state index < -0.39 is 11.9 Å². The highest BCUT2D eigenvalue weighted by Crippen LogP contribution is 2.20. The van der Waals surface area contributed by atoms with Crippen LogP contribution in [0.2, 0.25) is 0 Å². The molecule has 108 valence electrons. The van der Waals surface area contributed by atoms with Crippen LogP contribution in [0.25, 0.3) is 0 Å². The normalized spacial score (nSPS) is 28.1. The molecule has 0 saturated carbocycles. The molecule has 0 radical (unpaired) electrons. The van der Waals surface area contributed by atoms with Crippen molar-refractivity contribution in [3.63, 3.8) is 0 Å². The third kappa shape index (κ3) is 3.54. The lowest BCUT2D eigenvalue weighted by molar-refractivity contribution is -0.142. The van der Waals surface area contributed by atoms with Gasteiger partial charge in [0.25, 0.3) is 0 Å². The fourth-order valence-electron chi connectivity index (χ4n) is 2.43. The molecule has 7 heteroatoms. The molecule has 2 aliphatic heterocycles. The van der Waals surface area contributed by atoms with Crippen molar-refractivity contribution in [2.75, 3.05) is 31.8 Å². The number of carbonyl (C=O) groups excluding carboxylic acids is 1. The number of amides is 2. The molecule has 19 heavy (non-hydrogen) atoms. The molecule has 2 aliphatic rings. The number of hydrogen-bond donors (Lipinski definition) is 2. The van der Waals surface area contributed by atoms with Gasteiger partial charge in [-0.15, -0.1) is 0 Å². The Kier molecular flexibility index (Phi) is 4.93. The summed E-state index contributed by atoms with van der Waals surface area (Å²) < 4.78 is 5.19. The summed E-state index contributed by atoms with van der Waals surface area (Å²) in [4.78, 5) is 24.7. The molecule has 0 spiro atoms. The van der Waals surface area contributed by atoms with E-state index in [-0.39, 0.29) is 24.7 Å². The summed E-state index contributed by atoms with van der Waals surface area (Å²) in [6.07, 6.45) is 1.96. The molecule has 0 aromatic rings. The summed E-state index contributed by atoms with van der Waals surface area (Å²) in [5.41, 5.74) is 0. The van der Waals surface area contributed by atoms with Gasteiger partial charge in [-0.3, -0.25) is 4.79 Å². The van der Waals surface area contributed by atoms with E-state index in [1.165, 1.54) is 4.90 Å². The van der Waals surface area contributed by atoms with Crippen molar-refractivity contribution in [3.05, 3.63) is 0 Å². The first-order valence-corrected chi connectivity index (χ1v) is 7.66. The number of hydrogen-bond acceptors (Lipinski definition) is 4. The van der Waals surface area contributed by atoms with E-state index in [9.17, 15) is 9.59 Å². The monoisotopic (exact) mass is 288 g/mol. The van der Waals surface area contributed by atoms with Crippen molar-refractivity contribution in [1.82, 2.24) is 10.2 Å². The molecule has 2 unspecified atom stereocenters. The molecule has 0 aromatic carbocycles. The average molecular weight is 288 g/mol. The van der Waals surface area contributed by atoms with E-state index in [0.717, 1.165) is 24.3 Å². The summed E-state index contributed by atoms with van der Waals surface area (Å²) in [6, 6.07) is -0.365. The van der Waals surface area contributed by atoms with Crippen LogP contribution in [-0.4, -0.2) is 65.9 Å². The quantitative estimate of drug-likeness (QED) is 0.796. The zero-order valence-electron chi connectivity index (χ0n) is 11.0. The summed E-state index contributed by atoms with van der Waals surface area (Å²) in [5, 5.41) is 12.1. The van der Waals surface area contributed by atoms with E-state index >= 15 is 0 Å². The number of aliphatic carboxylic acids is 1. The number of carbonyl (C=O) groups is 2. The number of likely N-dealkylation sites (N-methyl/N-ethyl adjacent to an activating group) is 1. The highest BCUT2D eigenvalue weighted by Gasteiger charge is 2.38. The maximum absolute atomic E-state index is 12.1. The Morgan fingerprint density at radius 2 is 2.00 bits per heavy atom. The smallest absolute Gasteiger partial charge is 0.317 e. The molecular formula is C12H20N2O4S. The van der Waals surface area contributed by atoms with Crippen LogP contribution in [0.15, 0.2) is 0 Å². The fraction of sp³-hybridized carbons (Fsp3) is 0.833. The van der Waals surface area contributed by atoms with Crippen molar-refractivity contribution in [3.8, 4) is 0 Å². The van der Waals surface area contributed by atoms with Crippen LogP contribution < -0.4 is 5.32 Å². The SMILES string of the molecule is CN(C(=O)NC1CCSCC1)C1COCC1C(=O)O. The minimum atomic E-state index is -0.906. The maximum atomic E-state index is 12.1. The van der Waals surface area contributed by atoms with Gasteiger partial charge < -0.3 is 20.1 Å².